The Morgan fingerprint density at radius 3 is 2.47 bits per heavy atom. The number of likely N-dealkylation sites (N-methyl/N-ethyl adjacent to an activating group) is 1. The van der Waals surface area contributed by atoms with Crippen molar-refractivity contribution in [3.05, 3.63) is 26.4 Å². The van der Waals surface area contributed by atoms with E-state index in [2.05, 4.69) is 4.98 Å². The molecule has 1 aromatic rings. The van der Waals surface area contributed by atoms with Crippen molar-refractivity contribution in [2.24, 2.45) is 0 Å². The highest BCUT2D eigenvalue weighted by Crippen LogP contribution is 2.11. The van der Waals surface area contributed by atoms with Gasteiger partial charge in [0.25, 0.3) is 5.56 Å². The fourth-order valence-electron chi connectivity index (χ4n) is 1.52. The molecule has 1 rings (SSSR count). The van der Waals surface area contributed by atoms with Crippen LogP contribution in [-0.2, 0) is 13.0 Å². The largest absolute Gasteiger partial charge is 0.494 e. The highest BCUT2D eigenvalue weighted by atomic mass is 16.3. The van der Waals surface area contributed by atoms with E-state index in [4.69, 9.17) is 0 Å². The summed E-state index contributed by atoms with van der Waals surface area (Å²) < 4.78 is 1.20. The summed E-state index contributed by atoms with van der Waals surface area (Å²) in [6, 6.07) is 0.0780. The van der Waals surface area contributed by atoms with Crippen LogP contribution in [0.1, 0.15) is 19.4 Å². The maximum Gasteiger partial charge on any atom is 0.331 e. The van der Waals surface area contributed by atoms with Crippen LogP contribution in [0, 0.1) is 0 Å². The average molecular weight is 241 g/mol. The number of H-pyrrole nitrogens is 1. The number of aromatic amines is 1. The molecule has 1 atom stereocenters. The molecule has 0 bridgehead atoms. The molecule has 0 aliphatic carbocycles. The molecule has 0 fully saturated rings. The Hall–Kier alpha value is -1.56. The van der Waals surface area contributed by atoms with Crippen molar-refractivity contribution in [1.82, 2.24) is 14.5 Å². The van der Waals surface area contributed by atoms with Gasteiger partial charge in [-0.05, 0) is 27.4 Å². The molecule has 0 spiro atoms. The first kappa shape index (κ1) is 13.5. The Balaban J connectivity index is 3.25. The first-order valence-corrected chi connectivity index (χ1v) is 5.59. The van der Waals surface area contributed by atoms with Crippen LogP contribution in [0.4, 0.5) is 0 Å². The highest BCUT2D eigenvalue weighted by molar-refractivity contribution is 5.22. The van der Waals surface area contributed by atoms with Gasteiger partial charge in [0, 0.05) is 12.6 Å². The molecular formula is C11H19N3O3. The van der Waals surface area contributed by atoms with Crippen LogP contribution >= 0.6 is 0 Å². The van der Waals surface area contributed by atoms with Crippen LogP contribution in [0.2, 0.25) is 0 Å². The summed E-state index contributed by atoms with van der Waals surface area (Å²) in [7, 11) is 3.78. The van der Waals surface area contributed by atoms with E-state index >= 15 is 0 Å². The first-order chi connectivity index (χ1) is 7.88. The molecule has 0 amide bonds. The molecule has 1 heterocycles. The van der Waals surface area contributed by atoms with Crippen LogP contribution in [-0.4, -0.2) is 39.7 Å². The summed E-state index contributed by atoms with van der Waals surface area (Å²) in [5, 5.41) is 9.91. The molecule has 0 aromatic carbocycles. The quantitative estimate of drug-likeness (QED) is 0.762. The minimum Gasteiger partial charge on any atom is -0.494 e. The van der Waals surface area contributed by atoms with Crippen molar-refractivity contribution < 1.29 is 5.11 Å². The molecule has 2 N–H and O–H groups in total. The second kappa shape index (κ2) is 5.18. The van der Waals surface area contributed by atoms with Crippen LogP contribution in [0.25, 0.3) is 0 Å². The second-order valence-electron chi connectivity index (χ2n) is 4.34. The van der Waals surface area contributed by atoms with Gasteiger partial charge in [-0.15, -0.1) is 0 Å². The van der Waals surface area contributed by atoms with Crippen molar-refractivity contribution in [3.8, 4) is 5.88 Å². The van der Waals surface area contributed by atoms with Gasteiger partial charge >= 0.3 is 5.69 Å². The van der Waals surface area contributed by atoms with Gasteiger partial charge in [0.1, 0.15) is 0 Å². The lowest BCUT2D eigenvalue weighted by molar-refractivity contribution is 0.266. The highest BCUT2D eigenvalue weighted by Gasteiger charge is 2.15. The molecule has 1 unspecified atom stereocenters. The molecule has 0 radical (unpaired) electrons. The van der Waals surface area contributed by atoms with E-state index in [1.54, 1.807) is 6.92 Å². The second-order valence-corrected chi connectivity index (χ2v) is 4.34. The maximum absolute atomic E-state index is 11.6. The number of hydrogen-bond donors (Lipinski definition) is 2. The van der Waals surface area contributed by atoms with E-state index in [9.17, 15) is 14.7 Å². The Kier molecular flexibility index (Phi) is 4.11. The molecule has 0 aliphatic heterocycles. The van der Waals surface area contributed by atoms with Gasteiger partial charge in [0.2, 0.25) is 5.88 Å². The minimum atomic E-state index is -0.571. The van der Waals surface area contributed by atoms with Crippen molar-refractivity contribution in [2.75, 3.05) is 14.1 Å². The smallest absolute Gasteiger partial charge is 0.331 e. The van der Waals surface area contributed by atoms with Crippen LogP contribution in [0.15, 0.2) is 9.59 Å². The minimum absolute atomic E-state index is 0.0780. The van der Waals surface area contributed by atoms with E-state index in [0.29, 0.717) is 13.0 Å². The average Bonchev–Trinajstić information content (AvgIpc) is 2.24. The van der Waals surface area contributed by atoms with E-state index in [0.717, 1.165) is 0 Å². The van der Waals surface area contributed by atoms with Crippen molar-refractivity contribution in [2.45, 2.75) is 32.9 Å². The zero-order valence-corrected chi connectivity index (χ0v) is 10.6. The SMILES string of the molecule is CCc1c(O)n(CC(C)N(C)C)c(=O)[nH]c1=O. The predicted octanol–water partition coefficient (Wildman–Crippen LogP) is -0.245. The fourth-order valence-corrected chi connectivity index (χ4v) is 1.52. The molecule has 0 aliphatic rings. The third-order valence-electron chi connectivity index (χ3n) is 2.95. The van der Waals surface area contributed by atoms with Gasteiger partial charge in [0.15, 0.2) is 0 Å². The summed E-state index contributed by atoms with van der Waals surface area (Å²) in [5.74, 6) is -0.227. The van der Waals surface area contributed by atoms with Crippen LogP contribution in [0.5, 0.6) is 5.88 Å². The zero-order valence-electron chi connectivity index (χ0n) is 10.6. The summed E-state index contributed by atoms with van der Waals surface area (Å²) >= 11 is 0. The normalized spacial score (nSPS) is 13.0. The van der Waals surface area contributed by atoms with E-state index in [1.807, 2.05) is 25.9 Å². The van der Waals surface area contributed by atoms with Crippen molar-refractivity contribution in [3.63, 3.8) is 0 Å². The Morgan fingerprint density at radius 2 is 2.00 bits per heavy atom. The van der Waals surface area contributed by atoms with E-state index in [1.165, 1.54) is 4.57 Å². The molecule has 0 saturated carbocycles. The van der Waals surface area contributed by atoms with Gasteiger partial charge in [-0.1, -0.05) is 6.92 Å². The lowest BCUT2D eigenvalue weighted by Gasteiger charge is -2.21. The summed E-state index contributed by atoms with van der Waals surface area (Å²) in [4.78, 5) is 27.2. The number of nitrogens with zero attached hydrogens (tertiary/aromatic N) is 2. The monoisotopic (exact) mass is 241 g/mol. The lowest BCUT2D eigenvalue weighted by Crippen LogP contribution is -2.38. The summed E-state index contributed by atoms with van der Waals surface area (Å²) in [6.07, 6.45) is 0.387. The summed E-state index contributed by atoms with van der Waals surface area (Å²) in [6.45, 7) is 4.03. The third kappa shape index (κ3) is 2.76. The number of hydrogen-bond acceptors (Lipinski definition) is 4. The molecule has 1 aromatic heterocycles. The summed E-state index contributed by atoms with van der Waals surface area (Å²) in [5.41, 5.74) is -0.835. The van der Waals surface area contributed by atoms with Gasteiger partial charge in [-0.2, -0.15) is 0 Å². The van der Waals surface area contributed by atoms with Crippen LogP contribution < -0.4 is 11.2 Å². The predicted molar refractivity (Wildman–Crippen MR) is 65.5 cm³/mol. The zero-order chi connectivity index (χ0) is 13.2. The standard InChI is InChI=1S/C11H19N3O3/c1-5-8-9(15)12-11(17)14(10(8)16)6-7(2)13(3)4/h7,16H,5-6H2,1-4H3,(H,12,15,17). The Morgan fingerprint density at radius 1 is 1.41 bits per heavy atom. The third-order valence-corrected chi connectivity index (χ3v) is 2.95. The number of nitrogens with one attached hydrogen (secondary N) is 1. The lowest BCUT2D eigenvalue weighted by atomic mass is 10.2. The number of rotatable bonds is 4. The van der Waals surface area contributed by atoms with Crippen LogP contribution in [0.3, 0.4) is 0 Å². The first-order valence-electron chi connectivity index (χ1n) is 5.59. The molecule has 0 saturated heterocycles. The van der Waals surface area contributed by atoms with E-state index < -0.39 is 11.2 Å². The van der Waals surface area contributed by atoms with Gasteiger partial charge in [-0.3, -0.25) is 14.3 Å². The van der Waals surface area contributed by atoms with Crippen molar-refractivity contribution >= 4 is 0 Å². The molecule has 96 valence electrons. The number of aromatic nitrogens is 2. The molecular weight excluding hydrogens is 222 g/mol. The molecule has 6 nitrogen and oxygen atoms in total. The number of aromatic hydroxyl groups is 1. The fraction of sp³-hybridized carbons (Fsp3) is 0.636. The maximum atomic E-state index is 11.6. The van der Waals surface area contributed by atoms with Gasteiger partial charge < -0.3 is 10.0 Å². The van der Waals surface area contributed by atoms with Gasteiger partial charge in [0.05, 0.1) is 5.56 Å². The topological polar surface area (TPSA) is 78.3 Å². The van der Waals surface area contributed by atoms with E-state index in [-0.39, 0.29) is 17.5 Å². The Labute approximate surface area is 99.5 Å². The Bertz CT molecular complexity index is 502. The molecule has 6 heteroatoms. The van der Waals surface area contributed by atoms with Crippen molar-refractivity contribution in [1.29, 1.82) is 0 Å². The van der Waals surface area contributed by atoms with Gasteiger partial charge in [-0.25, -0.2) is 4.79 Å². The molecule has 17 heavy (non-hydrogen) atoms.